The summed E-state index contributed by atoms with van der Waals surface area (Å²) in [4.78, 5) is 0. The highest BCUT2D eigenvalue weighted by atomic mass is 14.7. The van der Waals surface area contributed by atoms with Gasteiger partial charge in [0.25, 0.3) is 0 Å². The van der Waals surface area contributed by atoms with Gasteiger partial charge in [0.1, 0.15) is 15.7 Å². The van der Waals surface area contributed by atoms with E-state index in [1.54, 1.807) is 18.2 Å². The quantitative estimate of drug-likeness (QED) is 0.460. The smallest absolute Gasteiger partial charge is 0.222 e. The minimum atomic E-state index is 0.594. The number of rotatable bonds is 1. The Morgan fingerprint density at radius 3 is 2.40 bits per heavy atom. The van der Waals surface area contributed by atoms with E-state index in [1.165, 1.54) is 0 Å². The third-order valence-corrected chi connectivity index (χ3v) is 1.23. The Morgan fingerprint density at radius 1 is 1.20 bits per heavy atom. The molecular weight excluding hydrogens is 119 g/mol. The fraction of sp³-hybridized carbons (Fsp3) is 0. The van der Waals surface area contributed by atoms with E-state index < -0.39 is 0 Å². The first-order valence-electron chi connectivity index (χ1n) is 2.85. The Balaban J connectivity index is 3.09. The molecule has 1 nitrogen and oxygen atoms in total. The minimum Gasteiger partial charge on any atom is -0.438 e. The second-order valence-electron chi connectivity index (χ2n) is 1.99. The number of benzene rings is 1. The van der Waals surface area contributed by atoms with Crippen molar-refractivity contribution in [2.24, 2.45) is 0 Å². The predicted octanol–water partition coefficient (Wildman–Crippen LogP) is -1.23. The van der Waals surface area contributed by atoms with Crippen LogP contribution in [0.1, 0.15) is 0 Å². The van der Waals surface area contributed by atoms with Gasteiger partial charge in [-0.3, -0.25) is 0 Å². The molecule has 4 heteroatoms. The van der Waals surface area contributed by atoms with Crippen molar-refractivity contribution < 1.29 is 0 Å². The summed E-state index contributed by atoms with van der Waals surface area (Å²) < 4.78 is 0. The van der Waals surface area contributed by atoms with Crippen LogP contribution in [0.5, 0.6) is 0 Å². The van der Waals surface area contributed by atoms with Crippen LogP contribution in [-0.2, 0) is 0 Å². The molecule has 0 aliphatic rings. The van der Waals surface area contributed by atoms with Gasteiger partial charge in [0.05, 0.1) is 0 Å². The Kier molecular flexibility index (Phi) is 2.10. The minimum absolute atomic E-state index is 0.594. The lowest BCUT2D eigenvalue weighted by atomic mass is 9.87. The van der Waals surface area contributed by atoms with E-state index in [1.807, 2.05) is 0 Å². The first-order valence-corrected chi connectivity index (χ1v) is 2.85. The average Bonchev–Trinajstić information content (AvgIpc) is 1.94. The van der Waals surface area contributed by atoms with Gasteiger partial charge in [0.2, 0.25) is 7.98 Å². The zero-order chi connectivity index (χ0) is 7.56. The Morgan fingerprint density at radius 2 is 1.90 bits per heavy atom. The SMILES string of the molecule is [B]Nc1cc([B])ccc1[B]. The molecule has 0 fully saturated rings. The van der Waals surface area contributed by atoms with Gasteiger partial charge in [-0.2, -0.15) is 0 Å². The van der Waals surface area contributed by atoms with Crippen molar-refractivity contribution in [1.29, 1.82) is 0 Å². The summed E-state index contributed by atoms with van der Waals surface area (Å²) >= 11 is 0. The second-order valence-corrected chi connectivity index (χ2v) is 1.99. The maximum absolute atomic E-state index is 5.50. The lowest BCUT2D eigenvalue weighted by molar-refractivity contribution is 1.78. The highest BCUT2D eigenvalue weighted by Gasteiger charge is 1.92. The van der Waals surface area contributed by atoms with Crippen molar-refractivity contribution >= 4 is 40.3 Å². The highest BCUT2D eigenvalue weighted by molar-refractivity contribution is 6.39. The van der Waals surface area contributed by atoms with Gasteiger partial charge in [-0.05, 0) is 6.07 Å². The lowest BCUT2D eigenvalue weighted by Gasteiger charge is -2.05. The van der Waals surface area contributed by atoms with Crippen molar-refractivity contribution in [1.82, 2.24) is 0 Å². The van der Waals surface area contributed by atoms with Gasteiger partial charge in [0, 0.05) is 5.69 Å². The van der Waals surface area contributed by atoms with Crippen LogP contribution >= 0.6 is 0 Å². The van der Waals surface area contributed by atoms with Gasteiger partial charge in [-0.1, -0.05) is 23.1 Å². The fourth-order valence-electron chi connectivity index (χ4n) is 0.699. The van der Waals surface area contributed by atoms with Crippen molar-refractivity contribution in [2.45, 2.75) is 0 Å². The lowest BCUT2D eigenvalue weighted by Crippen LogP contribution is -2.15. The number of hydrogen-bond donors (Lipinski definition) is 1. The molecular formula is C6H4B3N. The van der Waals surface area contributed by atoms with Gasteiger partial charge >= 0.3 is 0 Å². The van der Waals surface area contributed by atoms with Crippen LogP contribution in [-0.4, -0.2) is 23.7 Å². The van der Waals surface area contributed by atoms with E-state index in [4.69, 9.17) is 23.7 Å². The van der Waals surface area contributed by atoms with Gasteiger partial charge in [0.15, 0.2) is 0 Å². The van der Waals surface area contributed by atoms with Crippen LogP contribution in [0.25, 0.3) is 0 Å². The van der Waals surface area contributed by atoms with Crippen LogP contribution in [0, 0.1) is 0 Å². The summed E-state index contributed by atoms with van der Waals surface area (Å²) in [5, 5.41) is 2.43. The molecule has 0 amide bonds. The second kappa shape index (κ2) is 2.87. The van der Waals surface area contributed by atoms with Crippen LogP contribution in [0.15, 0.2) is 18.2 Å². The molecule has 0 aromatic heterocycles. The summed E-state index contributed by atoms with van der Waals surface area (Å²) in [6, 6.07) is 5.09. The zero-order valence-corrected chi connectivity index (χ0v) is 5.46. The van der Waals surface area contributed by atoms with E-state index in [9.17, 15) is 0 Å². The van der Waals surface area contributed by atoms with E-state index >= 15 is 0 Å². The molecule has 0 bridgehead atoms. The monoisotopic (exact) mass is 123 g/mol. The highest BCUT2D eigenvalue weighted by Crippen LogP contribution is 1.95. The molecule has 0 saturated heterocycles. The molecule has 0 unspecified atom stereocenters. The summed E-state index contributed by atoms with van der Waals surface area (Å²) in [5.41, 5.74) is 1.89. The molecule has 1 N–H and O–H groups in total. The van der Waals surface area contributed by atoms with Crippen LogP contribution in [0.2, 0.25) is 0 Å². The average molecular weight is 123 g/mol. The molecule has 0 spiro atoms. The van der Waals surface area contributed by atoms with E-state index in [0.29, 0.717) is 16.6 Å². The van der Waals surface area contributed by atoms with Crippen LogP contribution in [0.3, 0.4) is 0 Å². The first-order chi connectivity index (χ1) is 4.74. The normalized spacial score (nSPS) is 9.20. The molecule has 42 valence electrons. The maximum Gasteiger partial charge on any atom is 0.222 e. The van der Waals surface area contributed by atoms with Gasteiger partial charge < -0.3 is 5.23 Å². The third kappa shape index (κ3) is 1.38. The number of nitrogens with one attached hydrogen (secondary N) is 1. The molecule has 0 heterocycles. The van der Waals surface area contributed by atoms with Gasteiger partial charge in [-0.15, -0.1) is 0 Å². The zero-order valence-electron chi connectivity index (χ0n) is 5.46. The molecule has 1 rings (SSSR count). The van der Waals surface area contributed by atoms with Crippen molar-refractivity contribution in [3.8, 4) is 0 Å². The summed E-state index contributed by atoms with van der Waals surface area (Å²) in [6.45, 7) is 0. The van der Waals surface area contributed by atoms with Crippen molar-refractivity contribution in [2.75, 3.05) is 5.23 Å². The summed E-state index contributed by atoms with van der Waals surface area (Å²) in [6.07, 6.45) is 0. The van der Waals surface area contributed by atoms with Gasteiger partial charge in [-0.25, -0.2) is 0 Å². The number of hydrogen-bond acceptors (Lipinski definition) is 1. The van der Waals surface area contributed by atoms with Crippen molar-refractivity contribution in [3.63, 3.8) is 0 Å². The molecule has 6 radical (unpaired) electrons. The standard InChI is InChI=1S/C6H4B3N/c7-4-1-2-5(8)6(3-4)10-9/h1-3,10H. The summed E-state index contributed by atoms with van der Waals surface area (Å²) in [5.74, 6) is 0. The topological polar surface area (TPSA) is 12.0 Å². The summed E-state index contributed by atoms with van der Waals surface area (Å²) in [7, 11) is 16.1. The van der Waals surface area contributed by atoms with Crippen LogP contribution < -0.4 is 16.2 Å². The molecule has 1 aromatic rings. The van der Waals surface area contributed by atoms with Crippen molar-refractivity contribution in [3.05, 3.63) is 18.2 Å². The molecule has 1 aromatic carbocycles. The predicted molar refractivity (Wildman–Crippen MR) is 46.6 cm³/mol. The van der Waals surface area contributed by atoms with E-state index in [2.05, 4.69) is 5.23 Å². The Labute approximate surface area is 64.5 Å². The van der Waals surface area contributed by atoms with Crippen LogP contribution in [0.4, 0.5) is 5.69 Å². The van der Waals surface area contributed by atoms with E-state index in [-0.39, 0.29) is 0 Å². The fourth-order valence-corrected chi connectivity index (χ4v) is 0.699. The Hall–Kier alpha value is -0.785. The number of anilines is 1. The maximum atomic E-state index is 5.50. The first kappa shape index (κ1) is 7.32. The van der Waals surface area contributed by atoms with E-state index in [0.717, 1.165) is 0 Å². The molecule has 0 saturated carbocycles. The molecule has 0 aliphatic carbocycles. The molecule has 10 heavy (non-hydrogen) atoms. The molecule has 0 aliphatic heterocycles. The molecule has 0 atom stereocenters. The Bertz CT molecular complexity index is 236. The largest absolute Gasteiger partial charge is 0.438 e. The third-order valence-electron chi connectivity index (χ3n) is 1.23.